The number of hydrogen-bond donors (Lipinski definition) is 10. The van der Waals surface area contributed by atoms with Gasteiger partial charge in [-0.25, -0.2) is 4.79 Å². The lowest BCUT2D eigenvalue weighted by Gasteiger charge is -2.29. The molecule has 0 saturated heterocycles. The molecule has 0 aromatic heterocycles. The maximum Gasteiger partial charge on any atom is 0.326 e. The molecule has 0 aliphatic heterocycles. The Kier molecular flexibility index (Phi) is 21.4. The molecule has 0 spiro atoms. The molecule has 1 aromatic carbocycles. The quantitative estimate of drug-likeness (QED) is 0.0465. The molecule has 1 aromatic rings. The Labute approximate surface area is 336 Å². The SMILES string of the molecule is CCC(C)C(NC(=O)C(CC(N)=O)NC(=O)C=CC(=O)NCC(=O)NCC(=O)NC(Cc1ccccc1)C(=O)O)C(=O)NC(CC(C)C)C(=O)NC(C(N)=O)C(C)C. The Balaban J connectivity index is 2.87. The van der Waals surface area contributed by atoms with Crippen LogP contribution in [0, 0.1) is 17.8 Å². The van der Waals surface area contributed by atoms with E-state index in [0.717, 1.165) is 6.08 Å². The molecule has 320 valence electrons. The zero-order valence-electron chi connectivity index (χ0n) is 33.6. The fourth-order valence-corrected chi connectivity index (χ4v) is 5.28. The summed E-state index contributed by atoms with van der Waals surface area (Å²) in [5, 5.41) is 26.1. The lowest BCUT2D eigenvalue weighted by atomic mass is 9.96. The minimum atomic E-state index is -1.60. The summed E-state index contributed by atoms with van der Waals surface area (Å²) in [6.07, 6.45) is 1.32. The van der Waals surface area contributed by atoms with E-state index in [-0.39, 0.29) is 24.7 Å². The number of carbonyl (C=O) groups is 10. The predicted octanol–water partition coefficient (Wildman–Crippen LogP) is -2.36. The smallest absolute Gasteiger partial charge is 0.326 e. The molecule has 9 amide bonds. The van der Waals surface area contributed by atoms with E-state index in [0.29, 0.717) is 18.1 Å². The largest absolute Gasteiger partial charge is 0.480 e. The highest BCUT2D eigenvalue weighted by molar-refractivity contribution is 6.01. The highest BCUT2D eigenvalue weighted by Crippen LogP contribution is 2.13. The first kappa shape index (κ1) is 49.7. The molecule has 0 heterocycles. The number of hydrogen-bond acceptors (Lipinski definition) is 10. The van der Waals surface area contributed by atoms with E-state index in [2.05, 4.69) is 37.2 Å². The summed E-state index contributed by atoms with van der Waals surface area (Å²) in [6, 6.07) is 2.37. The average Bonchev–Trinajstić information content (AvgIpc) is 3.14. The van der Waals surface area contributed by atoms with E-state index in [1.807, 2.05) is 13.8 Å². The number of primary amides is 2. The molecule has 6 atom stereocenters. The van der Waals surface area contributed by atoms with Crippen LogP contribution in [0.5, 0.6) is 0 Å². The minimum absolute atomic E-state index is 0.0105. The van der Waals surface area contributed by atoms with Gasteiger partial charge >= 0.3 is 5.97 Å². The Morgan fingerprint density at radius 1 is 0.655 bits per heavy atom. The van der Waals surface area contributed by atoms with Crippen molar-refractivity contribution >= 4 is 59.1 Å². The van der Waals surface area contributed by atoms with Gasteiger partial charge < -0.3 is 53.8 Å². The second-order valence-corrected chi connectivity index (χ2v) is 14.4. The number of carboxylic acids is 1. The van der Waals surface area contributed by atoms with Crippen LogP contribution in [-0.2, 0) is 54.4 Å². The molecule has 0 radical (unpaired) electrons. The fraction of sp³-hybridized carbons (Fsp3) is 0.526. The number of rotatable bonds is 25. The Hall–Kier alpha value is -6.34. The molecule has 0 fully saturated rings. The number of carboxylic acid groups (broad SMARTS) is 1. The van der Waals surface area contributed by atoms with Crippen molar-refractivity contribution in [2.24, 2.45) is 29.2 Å². The van der Waals surface area contributed by atoms with Crippen molar-refractivity contribution in [3.63, 3.8) is 0 Å². The molecule has 20 heteroatoms. The van der Waals surface area contributed by atoms with Crippen LogP contribution in [0.3, 0.4) is 0 Å². The molecule has 20 nitrogen and oxygen atoms in total. The third-order valence-electron chi connectivity index (χ3n) is 8.61. The van der Waals surface area contributed by atoms with Crippen LogP contribution in [0.1, 0.15) is 66.4 Å². The minimum Gasteiger partial charge on any atom is -0.480 e. The zero-order valence-corrected chi connectivity index (χ0v) is 33.6. The summed E-state index contributed by atoms with van der Waals surface area (Å²) in [4.78, 5) is 125. The summed E-state index contributed by atoms with van der Waals surface area (Å²) in [5.41, 5.74) is 11.4. The van der Waals surface area contributed by atoms with E-state index in [1.165, 1.54) is 0 Å². The van der Waals surface area contributed by atoms with Crippen LogP contribution in [-0.4, -0.2) is 108 Å². The van der Waals surface area contributed by atoms with Crippen LogP contribution in [0.25, 0.3) is 0 Å². The molecule has 0 aliphatic rings. The molecule has 0 bridgehead atoms. The maximum atomic E-state index is 13.6. The second kappa shape index (κ2) is 25.0. The van der Waals surface area contributed by atoms with Crippen molar-refractivity contribution in [3.8, 4) is 0 Å². The lowest BCUT2D eigenvalue weighted by molar-refractivity contribution is -0.141. The summed E-state index contributed by atoms with van der Waals surface area (Å²) in [6.45, 7) is 9.21. The summed E-state index contributed by atoms with van der Waals surface area (Å²) >= 11 is 0. The highest BCUT2D eigenvalue weighted by atomic mass is 16.4. The van der Waals surface area contributed by atoms with E-state index in [4.69, 9.17) is 11.5 Å². The van der Waals surface area contributed by atoms with E-state index in [9.17, 15) is 53.1 Å². The molecule has 58 heavy (non-hydrogen) atoms. The number of aliphatic carboxylic acids is 1. The first-order chi connectivity index (χ1) is 27.1. The number of benzene rings is 1. The van der Waals surface area contributed by atoms with E-state index in [1.54, 1.807) is 58.0 Å². The van der Waals surface area contributed by atoms with Crippen molar-refractivity contribution in [1.29, 1.82) is 0 Å². The Bertz CT molecular complexity index is 1670. The van der Waals surface area contributed by atoms with Crippen molar-refractivity contribution in [2.75, 3.05) is 13.1 Å². The molecule has 1 rings (SSSR count). The van der Waals surface area contributed by atoms with Crippen molar-refractivity contribution in [3.05, 3.63) is 48.0 Å². The van der Waals surface area contributed by atoms with Gasteiger partial charge in [0, 0.05) is 18.6 Å². The van der Waals surface area contributed by atoms with Gasteiger partial charge in [-0.3, -0.25) is 43.2 Å². The van der Waals surface area contributed by atoms with E-state index < -0.39 is 115 Å². The number of amides is 9. The number of nitrogens with one attached hydrogen (secondary N) is 7. The Morgan fingerprint density at radius 2 is 1.22 bits per heavy atom. The number of carbonyl (C=O) groups excluding carboxylic acids is 9. The van der Waals surface area contributed by atoms with Crippen LogP contribution in [0.2, 0.25) is 0 Å². The van der Waals surface area contributed by atoms with E-state index >= 15 is 0 Å². The molecular weight excluding hydrogens is 758 g/mol. The normalized spacial score (nSPS) is 14.1. The molecular formula is C38H57N9O11. The topological polar surface area (TPSA) is 327 Å². The molecule has 0 saturated carbocycles. The van der Waals surface area contributed by atoms with Crippen LogP contribution in [0.4, 0.5) is 0 Å². The van der Waals surface area contributed by atoms with Gasteiger partial charge in [-0.1, -0.05) is 78.3 Å². The fourth-order valence-electron chi connectivity index (χ4n) is 5.28. The lowest BCUT2D eigenvalue weighted by Crippen LogP contribution is -2.60. The first-order valence-corrected chi connectivity index (χ1v) is 18.7. The number of nitrogens with two attached hydrogens (primary N) is 2. The standard InChI is InChI=1S/C38H57N9O11/c1-7-22(6)33(37(56)45-24(15-20(2)3)35(54)46-32(21(4)5)34(40)53)47-36(55)25(17-27(39)48)43-29(50)14-13-28(49)41-18-30(51)42-19-31(52)44-26(38(57)58)16-23-11-9-8-10-12-23/h8-14,20-22,24-26,32-33H,7,15-19H2,1-6H3,(H2,39,48)(H2,40,53)(H,41,49)(H,42,51)(H,43,50)(H,44,52)(H,45,56)(H,46,54)(H,47,55)(H,57,58). The van der Waals surface area contributed by atoms with Gasteiger partial charge in [-0.2, -0.15) is 0 Å². The molecule has 0 aliphatic carbocycles. The third-order valence-corrected chi connectivity index (χ3v) is 8.61. The summed E-state index contributed by atoms with van der Waals surface area (Å²) in [7, 11) is 0. The van der Waals surface area contributed by atoms with Crippen molar-refractivity contribution in [1.82, 2.24) is 37.2 Å². The Morgan fingerprint density at radius 3 is 1.76 bits per heavy atom. The maximum absolute atomic E-state index is 13.6. The van der Waals surface area contributed by atoms with Crippen LogP contribution < -0.4 is 48.7 Å². The molecule has 6 unspecified atom stereocenters. The predicted molar refractivity (Wildman–Crippen MR) is 209 cm³/mol. The van der Waals surface area contributed by atoms with Crippen molar-refractivity contribution in [2.45, 2.75) is 97.4 Å². The second-order valence-electron chi connectivity index (χ2n) is 14.4. The van der Waals surface area contributed by atoms with Crippen molar-refractivity contribution < 1.29 is 53.1 Å². The van der Waals surface area contributed by atoms with Crippen LogP contribution in [0.15, 0.2) is 42.5 Å². The van der Waals surface area contributed by atoms with Gasteiger partial charge in [-0.15, -0.1) is 0 Å². The molecule has 12 N–H and O–H groups in total. The summed E-state index contributed by atoms with van der Waals surface area (Å²) < 4.78 is 0. The van der Waals surface area contributed by atoms with Gasteiger partial charge in [0.2, 0.25) is 53.2 Å². The zero-order chi connectivity index (χ0) is 44.1. The van der Waals surface area contributed by atoms with Gasteiger partial charge in [-0.05, 0) is 29.7 Å². The third kappa shape index (κ3) is 19.0. The highest BCUT2D eigenvalue weighted by Gasteiger charge is 2.34. The monoisotopic (exact) mass is 815 g/mol. The van der Waals surface area contributed by atoms with Crippen LogP contribution >= 0.6 is 0 Å². The van der Waals surface area contributed by atoms with Gasteiger partial charge in [0.05, 0.1) is 19.5 Å². The van der Waals surface area contributed by atoms with Gasteiger partial charge in [0.1, 0.15) is 30.2 Å². The first-order valence-electron chi connectivity index (χ1n) is 18.7. The van der Waals surface area contributed by atoms with Gasteiger partial charge in [0.15, 0.2) is 0 Å². The average molecular weight is 816 g/mol. The van der Waals surface area contributed by atoms with Gasteiger partial charge in [0.25, 0.3) is 0 Å². The summed E-state index contributed by atoms with van der Waals surface area (Å²) in [5.74, 6) is -9.86.